The van der Waals surface area contributed by atoms with Crippen molar-refractivity contribution in [3.63, 3.8) is 0 Å². The number of likely N-dealkylation sites (tertiary alicyclic amines) is 1. The van der Waals surface area contributed by atoms with Gasteiger partial charge in [-0.05, 0) is 12.1 Å². The minimum atomic E-state index is -0.0169. The predicted octanol–water partition coefficient (Wildman–Crippen LogP) is 0.822. The Hall–Kier alpha value is -2.24. The van der Waals surface area contributed by atoms with Crippen LogP contribution in [0.2, 0.25) is 0 Å². The van der Waals surface area contributed by atoms with Crippen LogP contribution < -0.4 is 9.64 Å². The summed E-state index contributed by atoms with van der Waals surface area (Å²) in [6.07, 6.45) is 0. The van der Waals surface area contributed by atoms with Crippen LogP contribution in [0.5, 0.6) is 5.75 Å². The van der Waals surface area contributed by atoms with E-state index in [0.29, 0.717) is 26.2 Å². The second kappa shape index (κ2) is 6.48. The number of para-hydroxylation sites is 2. The van der Waals surface area contributed by atoms with E-state index in [2.05, 4.69) is 4.90 Å². The number of carbonyl (C=O) groups excluding carboxylic acids is 2. The summed E-state index contributed by atoms with van der Waals surface area (Å²) < 4.78 is 5.41. The molecule has 0 bridgehead atoms. The van der Waals surface area contributed by atoms with E-state index in [1.54, 1.807) is 18.9 Å². The summed E-state index contributed by atoms with van der Waals surface area (Å²) in [6, 6.07) is 7.96. The van der Waals surface area contributed by atoms with Gasteiger partial charge in [-0.2, -0.15) is 0 Å². The number of benzene rings is 1. The third-order valence-corrected chi connectivity index (χ3v) is 4.69. The molecule has 6 heteroatoms. The Balaban J connectivity index is 1.54. The molecule has 1 aromatic carbocycles. The number of rotatable bonds is 3. The van der Waals surface area contributed by atoms with Gasteiger partial charge in [0, 0.05) is 46.2 Å². The standard InChI is InChI=1S/C17H23N3O3/c1-13(21)20-11-14(12-20)17(22)19-9-7-18(8-10-19)15-5-3-4-6-16(15)23-2/h3-6,14H,7-12H2,1-2H3. The molecule has 0 N–H and O–H groups in total. The predicted molar refractivity (Wildman–Crippen MR) is 87.5 cm³/mol. The Morgan fingerprint density at radius 1 is 1.04 bits per heavy atom. The molecular weight excluding hydrogens is 294 g/mol. The summed E-state index contributed by atoms with van der Waals surface area (Å²) in [5.41, 5.74) is 1.08. The Morgan fingerprint density at radius 2 is 1.70 bits per heavy atom. The quantitative estimate of drug-likeness (QED) is 0.828. The van der Waals surface area contributed by atoms with Crippen LogP contribution in [-0.4, -0.2) is 68.0 Å². The summed E-state index contributed by atoms with van der Waals surface area (Å²) in [6.45, 7) is 5.72. The Morgan fingerprint density at radius 3 is 2.30 bits per heavy atom. The first kappa shape index (κ1) is 15.6. The molecule has 0 atom stereocenters. The molecule has 0 unspecified atom stereocenters. The van der Waals surface area contributed by atoms with Gasteiger partial charge >= 0.3 is 0 Å². The lowest BCUT2D eigenvalue weighted by Gasteiger charge is -2.43. The second-order valence-electron chi connectivity index (χ2n) is 6.11. The van der Waals surface area contributed by atoms with Gasteiger partial charge in [0.05, 0.1) is 18.7 Å². The van der Waals surface area contributed by atoms with Crippen molar-refractivity contribution in [2.24, 2.45) is 5.92 Å². The molecule has 2 heterocycles. The Bertz CT molecular complexity index is 591. The maximum Gasteiger partial charge on any atom is 0.229 e. The molecule has 1 aromatic rings. The zero-order valence-corrected chi connectivity index (χ0v) is 13.7. The average molecular weight is 317 g/mol. The van der Waals surface area contributed by atoms with Gasteiger partial charge in [-0.15, -0.1) is 0 Å². The molecule has 124 valence electrons. The van der Waals surface area contributed by atoms with Gasteiger partial charge in [0.15, 0.2) is 0 Å². The number of methoxy groups -OCH3 is 1. The van der Waals surface area contributed by atoms with Gasteiger partial charge in [0.25, 0.3) is 0 Å². The monoisotopic (exact) mass is 317 g/mol. The highest BCUT2D eigenvalue weighted by Gasteiger charge is 2.37. The highest BCUT2D eigenvalue weighted by Crippen LogP contribution is 2.28. The number of ether oxygens (including phenoxy) is 1. The highest BCUT2D eigenvalue weighted by molar-refractivity contribution is 5.84. The van der Waals surface area contributed by atoms with Crippen molar-refractivity contribution in [3.8, 4) is 5.75 Å². The molecular formula is C17H23N3O3. The molecule has 23 heavy (non-hydrogen) atoms. The van der Waals surface area contributed by atoms with Crippen molar-refractivity contribution in [1.82, 2.24) is 9.80 Å². The van der Waals surface area contributed by atoms with Crippen LogP contribution >= 0.6 is 0 Å². The molecule has 2 aliphatic rings. The summed E-state index contributed by atoms with van der Waals surface area (Å²) in [5.74, 6) is 1.08. The largest absolute Gasteiger partial charge is 0.495 e. The highest BCUT2D eigenvalue weighted by atomic mass is 16.5. The van der Waals surface area contributed by atoms with Crippen molar-refractivity contribution in [3.05, 3.63) is 24.3 Å². The number of hydrogen-bond donors (Lipinski definition) is 0. The fraction of sp³-hybridized carbons (Fsp3) is 0.529. The normalized spacial score (nSPS) is 18.6. The second-order valence-corrected chi connectivity index (χ2v) is 6.11. The molecule has 0 aromatic heterocycles. The zero-order valence-electron chi connectivity index (χ0n) is 13.7. The van der Waals surface area contributed by atoms with Crippen molar-refractivity contribution >= 4 is 17.5 Å². The van der Waals surface area contributed by atoms with Gasteiger partial charge in [-0.3, -0.25) is 9.59 Å². The first-order valence-electron chi connectivity index (χ1n) is 8.02. The minimum Gasteiger partial charge on any atom is -0.495 e. The van der Waals surface area contributed by atoms with Gasteiger partial charge < -0.3 is 19.4 Å². The molecule has 0 aliphatic carbocycles. The molecule has 6 nitrogen and oxygen atoms in total. The lowest BCUT2D eigenvalue weighted by Crippen LogP contribution is -2.58. The van der Waals surface area contributed by atoms with Crippen molar-refractivity contribution in [2.45, 2.75) is 6.92 Å². The Labute approximate surface area is 136 Å². The molecule has 0 spiro atoms. The smallest absolute Gasteiger partial charge is 0.229 e. The zero-order chi connectivity index (χ0) is 16.4. The molecule has 2 fully saturated rings. The molecule has 0 radical (unpaired) electrons. The summed E-state index contributed by atoms with van der Waals surface area (Å²) in [7, 11) is 1.68. The first-order chi connectivity index (χ1) is 11.1. The summed E-state index contributed by atoms with van der Waals surface area (Å²) >= 11 is 0. The minimum absolute atomic E-state index is 0.0169. The van der Waals surface area contributed by atoms with Gasteiger partial charge in [-0.25, -0.2) is 0 Å². The van der Waals surface area contributed by atoms with Crippen LogP contribution in [0.3, 0.4) is 0 Å². The van der Waals surface area contributed by atoms with Crippen molar-refractivity contribution in [2.75, 3.05) is 51.3 Å². The lowest BCUT2D eigenvalue weighted by molar-refractivity contribution is -0.147. The molecule has 2 aliphatic heterocycles. The van der Waals surface area contributed by atoms with Crippen LogP contribution in [0.4, 0.5) is 5.69 Å². The maximum atomic E-state index is 12.5. The van der Waals surface area contributed by atoms with Crippen molar-refractivity contribution in [1.29, 1.82) is 0 Å². The van der Waals surface area contributed by atoms with Gasteiger partial charge in [0.1, 0.15) is 5.75 Å². The van der Waals surface area contributed by atoms with E-state index in [4.69, 9.17) is 4.74 Å². The SMILES string of the molecule is COc1ccccc1N1CCN(C(=O)C2CN(C(C)=O)C2)CC1. The van der Waals surface area contributed by atoms with E-state index < -0.39 is 0 Å². The first-order valence-corrected chi connectivity index (χ1v) is 8.02. The van der Waals surface area contributed by atoms with Crippen LogP contribution in [0.25, 0.3) is 0 Å². The fourth-order valence-electron chi connectivity index (χ4n) is 3.21. The molecule has 2 saturated heterocycles. The van der Waals surface area contributed by atoms with Gasteiger partial charge in [0.2, 0.25) is 11.8 Å². The van der Waals surface area contributed by atoms with Crippen LogP contribution in [0.1, 0.15) is 6.92 Å². The third kappa shape index (κ3) is 3.11. The molecule has 0 saturated carbocycles. The lowest BCUT2D eigenvalue weighted by atomic mass is 9.98. The number of carbonyl (C=O) groups is 2. The number of piperazine rings is 1. The number of anilines is 1. The van der Waals surface area contributed by atoms with Crippen LogP contribution in [-0.2, 0) is 9.59 Å². The van der Waals surface area contributed by atoms with Crippen LogP contribution in [0, 0.1) is 5.92 Å². The molecule has 3 rings (SSSR count). The number of hydrogen-bond acceptors (Lipinski definition) is 4. The average Bonchev–Trinajstić information content (AvgIpc) is 2.53. The van der Waals surface area contributed by atoms with E-state index >= 15 is 0 Å². The fourth-order valence-corrected chi connectivity index (χ4v) is 3.21. The maximum absolute atomic E-state index is 12.5. The Kier molecular flexibility index (Phi) is 4.41. The summed E-state index contributed by atoms with van der Waals surface area (Å²) in [4.78, 5) is 29.6. The topological polar surface area (TPSA) is 53.1 Å². The van der Waals surface area contributed by atoms with Gasteiger partial charge in [-0.1, -0.05) is 12.1 Å². The van der Waals surface area contributed by atoms with E-state index in [1.165, 1.54) is 0 Å². The van der Waals surface area contributed by atoms with Crippen LogP contribution in [0.15, 0.2) is 24.3 Å². The summed E-state index contributed by atoms with van der Waals surface area (Å²) in [5, 5.41) is 0. The van der Waals surface area contributed by atoms with E-state index in [9.17, 15) is 9.59 Å². The molecule has 2 amide bonds. The third-order valence-electron chi connectivity index (χ3n) is 4.69. The van der Waals surface area contributed by atoms with E-state index in [1.807, 2.05) is 29.2 Å². The van der Waals surface area contributed by atoms with E-state index in [-0.39, 0.29) is 17.7 Å². The van der Waals surface area contributed by atoms with E-state index in [0.717, 1.165) is 24.5 Å². The number of nitrogens with zero attached hydrogens (tertiary/aromatic N) is 3. The number of amides is 2. The van der Waals surface area contributed by atoms with Crippen molar-refractivity contribution < 1.29 is 14.3 Å².